The number of piperazine rings is 1. The maximum Gasteiger partial charge on any atom is 0.256 e. The Hall–Kier alpha value is -3.03. The number of para-hydroxylation sites is 1. The van der Waals surface area contributed by atoms with Gasteiger partial charge in [-0.25, -0.2) is 8.42 Å². The van der Waals surface area contributed by atoms with Crippen LogP contribution >= 0.6 is 11.6 Å². The van der Waals surface area contributed by atoms with Crippen LogP contribution in [0.5, 0.6) is 0 Å². The number of rotatable bonds is 6. The van der Waals surface area contributed by atoms with Crippen molar-refractivity contribution in [1.82, 2.24) is 4.90 Å². The highest BCUT2D eigenvalue weighted by Crippen LogP contribution is 2.28. The van der Waals surface area contributed by atoms with E-state index in [0.29, 0.717) is 42.5 Å². The van der Waals surface area contributed by atoms with E-state index in [2.05, 4.69) is 4.90 Å². The minimum Gasteiger partial charge on any atom is -0.368 e. The number of hydrogen-bond donors (Lipinski definition) is 0. The smallest absolute Gasteiger partial charge is 0.256 e. The van der Waals surface area contributed by atoms with Crippen molar-refractivity contribution < 1.29 is 13.2 Å². The number of benzene rings is 3. The summed E-state index contributed by atoms with van der Waals surface area (Å²) < 4.78 is 26.8. The van der Waals surface area contributed by atoms with Crippen LogP contribution in [0.4, 0.5) is 11.4 Å². The molecule has 8 heteroatoms. The van der Waals surface area contributed by atoms with Gasteiger partial charge < -0.3 is 9.80 Å². The van der Waals surface area contributed by atoms with Crippen LogP contribution in [-0.4, -0.2) is 51.7 Å². The minimum atomic E-state index is -3.61. The molecule has 6 nitrogen and oxygen atoms in total. The van der Waals surface area contributed by atoms with E-state index >= 15 is 0 Å². The van der Waals surface area contributed by atoms with Gasteiger partial charge in [-0.3, -0.25) is 9.10 Å². The van der Waals surface area contributed by atoms with E-state index in [0.717, 1.165) is 16.8 Å². The summed E-state index contributed by atoms with van der Waals surface area (Å²) in [6, 6.07) is 22.1. The zero-order valence-electron chi connectivity index (χ0n) is 19.3. The Balaban J connectivity index is 1.56. The van der Waals surface area contributed by atoms with Gasteiger partial charge in [0, 0.05) is 36.9 Å². The average Bonchev–Trinajstić information content (AvgIpc) is 2.84. The Morgan fingerprint density at radius 2 is 1.59 bits per heavy atom. The van der Waals surface area contributed by atoms with Crippen LogP contribution in [0.3, 0.4) is 0 Å². The fraction of sp³-hybridized carbons (Fsp3) is 0.269. The standard InChI is InChI=1S/C26H28ClN3O3S/c1-20-12-13-22(27)18-25(20)28-14-16-29(17-15-28)26(31)23-10-6-7-11-24(23)30(34(2,32)33)19-21-8-4-3-5-9-21/h3-13,18H,14-17,19H2,1-2H3. The summed E-state index contributed by atoms with van der Waals surface area (Å²) >= 11 is 6.19. The highest BCUT2D eigenvalue weighted by atomic mass is 35.5. The third kappa shape index (κ3) is 5.37. The Morgan fingerprint density at radius 3 is 2.26 bits per heavy atom. The van der Waals surface area contributed by atoms with E-state index in [1.807, 2.05) is 55.5 Å². The lowest BCUT2D eigenvalue weighted by atomic mass is 10.1. The van der Waals surface area contributed by atoms with E-state index in [4.69, 9.17) is 11.6 Å². The van der Waals surface area contributed by atoms with Gasteiger partial charge in [0.1, 0.15) is 0 Å². The lowest BCUT2D eigenvalue weighted by molar-refractivity contribution is 0.0747. The lowest BCUT2D eigenvalue weighted by Crippen LogP contribution is -2.49. The maximum absolute atomic E-state index is 13.5. The van der Waals surface area contributed by atoms with Crippen molar-refractivity contribution in [2.45, 2.75) is 13.5 Å². The molecule has 4 rings (SSSR count). The Morgan fingerprint density at radius 1 is 0.941 bits per heavy atom. The summed E-state index contributed by atoms with van der Waals surface area (Å²) in [7, 11) is -3.61. The van der Waals surface area contributed by atoms with Crippen molar-refractivity contribution in [3.63, 3.8) is 0 Å². The fourth-order valence-electron chi connectivity index (χ4n) is 4.25. The molecule has 0 bridgehead atoms. The van der Waals surface area contributed by atoms with E-state index in [9.17, 15) is 13.2 Å². The molecule has 0 radical (unpaired) electrons. The van der Waals surface area contributed by atoms with E-state index in [1.54, 1.807) is 29.2 Å². The monoisotopic (exact) mass is 497 g/mol. The summed E-state index contributed by atoms with van der Waals surface area (Å²) in [5.41, 5.74) is 3.84. The Bertz CT molecular complexity index is 1270. The van der Waals surface area contributed by atoms with Gasteiger partial charge in [-0.1, -0.05) is 60.1 Å². The largest absolute Gasteiger partial charge is 0.368 e. The van der Waals surface area contributed by atoms with Gasteiger partial charge in [0.25, 0.3) is 5.91 Å². The predicted molar refractivity (Wildman–Crippen MR) is 138 cm³/mol. The van der Waals surface area contributed by atoms with E-state index in [-0.39, 0.29) is 12.5 Å². The summed E-state index contributed by atoms with van der Waals surface area (Å²) in [6.45, 7) is 4.63. The highest BCUT2D eigenvalue weighted by molar-refractivity contribution is 7.92. The highest BCUT2D eigenvalue weighted by Gasteiger charge is 2.28. The van der Waals surface area contributed by atoms with Crippen molar-refractivity contribution in [2.75, 3.05) is 41.6 Å². The first-order valence-corrected chi connectivity index (χ1v) is 13.4. The number of nitrogens with zero attached hydrogens (tertiary/aromatic N) is 3. The molecule has 0 unspecified atom stereocenters. The summed E-state index contributed by atoms with van der Waals surface area (Å²) in [6.07, 6.45) is 1.17. The molecule has 0 N–H and O–H groups in total. The zero-order chi connectivity index (χ0) is 24.3. The molecule has 0 aromatic heterocycles. The first-order valence-electron chi connectivity index (χ1n) is 11.1. The molecular formula is C26H28ClN3O3S. The molecular weight excluding hydrogens is 470 g/mol. The van der Waals surface area contributed by atoms with Crippen LogP contribution in [0.1, 0.15) is 21.5 Å². The summed E-state index contributed by atoms with van der Waals surface area (Å²) in [5, 5.41) is 0.687. The molecule has 3 aromatic rings. The fourth-order valence-corrected chi connectivity index (χ4v) is 5.31. The third-order valence-electron chi connectivity index (χ3n) is 6.05. The normalized spacial score (nSPS) is 14.2. The molecule has 1 fully saturated rings. The second kappa shape index (κ2) is 10.1. The van der Waals surface area contributed by atoms with Gasteiger partial charge in [0.2, 0.25) is 10.0 Å². The molecule has 0 saturated carbocycles. The molecule has 1 heterocycles. The van der Waals surface area contributed by atoms with Crippen LogP contribution in [0.15, 0.2) is 72.8 Å². The van der Waals surface area contributed by atoms with E-state index in [1.165, 1.54) is 10.6 Å². The SMILES string of the molecule is Cc1ccc(Cl)cc1N1CCN(C(=O)c2ccccc2N(Cc2ccccc2)S(C)(=O)=O)CC1. The molecule has 0 aliphatic carbocycles. The zero-order valence-corrected chi connectivity index (χ0v) is 20.9. The van der Waals surface area contributed by atoms with Gasteiger partial charge in [-0.15, -0.1) is 0 Å². The van der Waals surface area contributed by atoms with Crippen molar-refractivity contribution in [1.29, 1.82) is 0 Å². The quantitative estimate of drug-likeness (QED) is 0.500. The van der Waals surface area contributed by atoms with Crippen molar-refractivity contribution in [2.24, 2.45) is 0 Å². The number of halogens is 1. The van der Waals surface area contributed by atoms with Crippen LogP contribution in [0, 0.1) is 6.92 Å². The number of hydrogen-bond acceptors (Lipinski definition) is 4. The second-order valence-electron chi connectivity index (χ2n) is 8.48. The van der Waals surface area contributed by atoms with Crippen molar-refractivity contribution in [3.8, 4) is 0 Å². The van der Waals surface area contributed by atoms with Gasteiger partial charge in [-0.05, 0) is 42.3 Å². The van der Waals surface area contributed by atoms with Crippen molar-refractivity contribution >= 4 is 38.9 Å². The van der Waals surface area contributed by atoms with Crippen LogP contribution in [0.25, 0.3) is 0 Å². The first-order chi connectivity index (χ1) is 16.2. The first kappa shape index (κ1) is 24.1. The molecule has 1 saturated heterocycles. The second-order valence-corrected chi connectivity index (χ2v) is 10.8. The molecule has 1 aliphatic heterocycles. The average molecular weight is 498 g/mol. The van der Waals surface area contributed by atoms with Gasteiger partial charge in [0.05, 0.1) is 24.1 Å². The van der Waals surface area contributed by atoms with Crippen LogP contribution in [0.2, 0.25) is 5.02 Å². The lowest BCUT2D eigenvalue weighted by Gasteiger charge is -2.37. The van der Waals surface area contributed by atoms with Gasteiger partial charge in [-0.2, -0.15) is 0 Å². The predicted octanol–water partition coefficient (Wildman–Crippen LogP) is 4.58. The number of amides is 1. The molecule has 1 aliphatic rings. The Labute approximate surface area is 206 Å². The Kier molecular flexibility index (Phi) is 7.14. The van der Waals surface area contributed by atoms with Crippen LogP contribution in [-0.2, 0) is 16.6 Å². The molecule has 0 atom stereocenters. The summed E-state index contributed by atoms with van der Waals surface area (Å²) in [4.78, 5) is 17.6. The topological polar surface area (TPSA) is 60.9 Å². The molecule has 3 aromatic carbocycles. The number of sulfonamides is 1. The van der Waals surface area contributed by atoms with Gasteiger partial charge >= 0.3 is 0 Å². The molecule has 0 spiro atoms. The number of aryl methyl sites for hydroxylation is 1. The molecule has 34 heavy (non-hydrogen) atoms. The third-order valence-corrected chi connectivity index (χ3v) is 7.41. The summed E-state index contributed by atoms with van der Waals surface area (Å²) in [5.74, 6) is -0.167. The molecule has 1 amide bonds. The number of carbonyl (C=O) groups is 1. The van der Waals surface area contributed by atoms with Crippen molar-refractivity contribution in [3.05, 3.63) is 94.5 Å². The van der Waals surface area contributed by atoms with Crippen LogP contribution < -0.4 is 9.21 Å². The molecule has 178 valence electrons. The maximum atomic E-state index is 13.5. The van der Waals surface area contributed by atoms with Gasteiger partial charge in [0.15, 0.2) is 0 Å². The van der Waals surface area contributed by atoms with E-state index < -0.39 is 10.0 Å². The number of anilines is 2. The number of carbonyl (C=O) groups excluding carboxylic acids is 1. The minimum absolute atomic E-state index is 0.159.